The van der Waals surface area contributed by atoms with Crippen molar-refractivity contribution >= 4 is 56.0 Å². The zero-order valence-electron chi connectivity index (χ0n) is 18.4. The Kier molecular flexibility index (Phi) is 5.91. The second kappa shape index (κ2) is 8.85. The molecule has 0 saturated carbocycles. The van der Waals surface area contributed by atoms with E-state index >= 15 is 0 Å². The first kappa shape index (κ1) is 24.7. The molecular weight excluding hydrogens is 539 g/mol. The van der Waals surface area contributed by atoms with E-state index in [0.29, 0.717) is 20.7 Å². The molecule has 0 bridgehead atoms. The fourth-order valence-electron chi connectivity index (χ4n) is 3.73. The molecule has 0 atom stereocenters. The summed E-state index contributed by atoms with van der Waals surface area (Å²) >= 11 is 1.90. The van der Waals surface area contributed by atoms with Crippen LogP contribution in [0.2, 0.25) is 0 Å². The second-order valence-corrected chi connectivity index (χ2v) is 9.72. The Balaban J connectivity index is 1.61. The third-order valence-corrected chi connectivity index (χ3v) is 7.28. The van der Waals surface area contributed by atoms with E-state index in [1.165, 1.54) is 18.3 Å². The Bertz CT molecular complexity index is 1690. The van der Waals surface area contributed by atoms with Gasteiger partial charge in [0.25, 0.3) is 18.2 Å². The van der Waals surface area contributed by atoms with Crippen LogP contribution in [0.5, 0.6) is 0 Å². The Morgan fingerprint density at radius 3 is 2.54 bits per heavy atom. The molecule has 5 aromatic rings. The first-order valence-corrected chi connectivity index (χ1v) is 12.0. The predicted molar refractivity (Wildman–Crippen MR) is 127 cm³/mol. The molecule has 0 aromatic carbocycles. The molecule has 37 heavy (non-hydrogen) atoms. The molecule has 0 radical (unpaired) electrons. The zero-order chi connectivity index (χ0) is 26.6. The van der Waals surface area contributed by atoms with Crippen molar-refractivity contribution in [1.29, 1.82) is 0 Å². The minimum absolute atomic E-state index is 0.0380. The first-order chi connectivity index (χ1) is 17.4. The van der Waals surface area contributed by atoms with Crippen LogP contribution in [-0.4, -0.2) is 31.4 Å². The molecule has 3 N–H and O–H groups in total. The highest BCUT2D eigenvalue weighted by Crippen LogP contribution is 2.39. The van der Waals surface area contributed by atoms with Gasteiger partial charge in [-0.1, -0.05) is 6.07 Å². The number of pyridine rings is 1. The lowest BCUT2D eigenvalue weighted by Gasteiger charge is -2.10. The summed E-state index contributed by atoms with van der Waals surface area (Å²) in [6.45, 7) is 1.49. The molecule has 5 aromatic heterocycles. The number of nitrogens with zero attached hydrogens (tertiary/aromatic N) is 4. The lowest BCUT2D eigenvalue weighted by molar-refractivity contribution is -0.142. The average Bonchev–Trinajstić information content (AvgIpc) is 3.56. The van der Waals surface area contributed by atoms with Crippen molar-refractivity contribution in [2.45, 2.75) is 19.5 Å². The smallest absolute Gasteiger partial charge is 0.365 e. The van der Waals surface area contributed by atoms with Crippen LogP contribution < -0.4 is 11.1 Å². The molecule has 0 saturated heterocycles. The van der Waals surface area contributed by atoms with E-state index in [1.807, 2.05) is 0 Å². The molecule has 2 amide bonds. The number of carbonyl (C=O) groups excluding carboxylic acids is 2. The van der Waals surface area contributed by atoms with Crippen LogP contribution >= 0.6 is 22.7 Å². The van der Waals surface area contributed by atoms with Gasteiger partial charge in [-0.3, -0.25) is 9.59 Å². The summed E-state index contributed by atoms with van der Waals surface area (Å²) < 4.78 is 68.3. The largest absolute Gasteiger partial charge is 0.433 e. The molecular formula is C22H13F5N6O2S2. The van der Waals surface area contributed by atoms with E-state index in [4.69, 9.17) is 5.73 Å². The Hall–Kier alpha value is -3.98. The third-order valence-electron chi connectivity index (χ3n) is 5.29. The topological polar surface area (TPSA) is 115 Å². The fourth-order valence-corrected chi connectivity index (χ4v) is 5.48. The quantitative estimate of drug-likeness (QED) is 0.272. The van der Waals surface area contributed by atoms with Gasteiger partial charge in [-0.05, 0) is 36.1 Å². The molecule has 15 heteroatoms. The monoisotopic (exact) mass is 552 g/mol. The highest BCUT2D eigenvalue weighted by Gasteiger charge is 2.36. The van der Waals surface area contributed by atoms with E-state index in [2.05, 4.69) is 20.4 Å². The summed E-state index contributed by atoms with van der Waals surface area (Å²) in [6.07, 6.45) is -7.67. The SMILES string of the molecule is Cc1cc(C(F)F)nc2sc(C(N)=O)c(NC(=O)c3cc4nc(-c5cccs5)cc(C(F)(F)F)n4n3)c12. The fraction of sp³-hybridized carbons (Fsp3) is 0.136. The Morgan fingerprint density at radius 1 is 1.16 bits per heavy atom. The normalized spacial score (nSPS) is 12.1. The number of thiophene rings is 2. The minimum Gasteiger partial charge on any atom is -0.365 e. The van der Waals surface area contributed by atoms with Crippen molar-refractivity contribution in [3.8, 4) is 10.6 Å². The maximum absolute atomic E-state index is 13.8. The molecule has 8 nitrogen and oxygen atoms in total. The molecule has 0 fully saturated rings. The van der Waals surface area contributed by atoms with Crippen LogP contribution in [0, 0.1) is 6.92 Å². The number of nitrogens with two attached hydrogens (primary N) is 1. The maximum atomic E-state index is 13.8. The summed E-state index contributed by atoms with van der Waals surface area (Å²) in [6, 6.07) is 6.28. The lowest BCUT2D eigenvalue weighted by atomic mass is 10.1. The van der Waals surface area contributed by atoms with Gasteiger partial charge in [-0.15, -0.1) is 22.7 Å². The van der Waals surface area contributed by atoms with Crippen LogP contribution in [0.25, 0.3) is 26.4 Å². The number of halogens is 5. The van der Waals surface area contributed by atoms with Gasteiger partial charge in [0.15, 0.2) is 17.0 Å². The van der Waals surface area contributed by atoms with Crippen LogP contribution in [0.3, 0.4) is 0 Å². The average molecular weight is 553 g/mol. The number of amides is 2. The number of aryl methyl sites for hydroxylation is 1. The number of hydrogen-bond acceptors (Lipinski definition) is 7. The predicted octanol–water partition coefficient (Wildman–Crippen LogP) is 5.68. The third kappa shape index (κ3) is 4.40. The highest BCUT2D eigenvalue weighted by atomic mass is 32.1. The second-order valence-electron chi connectivity index (χ2n) is 7.77. The molecule has 190 valence electrons. The van der Waals surface area contributed by atoms with Crippen LogP contribution in [0.4, 0.5) is 27.6 Å². The van der Waals surface area contributed by atoms with E-state index in [-0.39, 0.29) is 37.7 Å². The number of alkyl halides is 5. The molecule has 0 spiro atoms. The molecule has 0 unspecified atom stereocenters. The molecule has 0 aliphatic carbocycles. The van der Waals surface area contributed by atoms with E-state index in [1.54, 1.807) is 17.5 Å². The Morgan fingerprint density at radius 2 is 1.92 bits per heavy atom. The van der Waals surface area contributed by atoms with Crippen LogP contribution in [0.1, 0.15) is 43.5 Å². The van der Waals surface area contributed by atoms with Crippen LogP contribution in [0.15, 0.2) is 35.7 Å². The van der Waals surface area contributed by atoms with E-state index in [9.17, 15) is 31.5 Å². The number of hydrogen-bond donors (Lipinski definition) is 2. The molecule has 5 heterocycles. The minimum atomic E-state index is -4.80. The van der Waals surface area contributed by atoms with Gasteiger partial charge >= 0.3 is 6.18 Å². The molecule has 0 aliphatic rings. The van der Waals surface area contributed by atoms with Gasteiger partial charge in [0.1, 0.15) is 15.4 Å². The van der Waals surface area contributed by atoms with Gasteiger partial charge in [0, 0.05) is 11.5 Å². The summed E-state index contributed by atoms with van der Waals surface area (Å²) in [7, 11) is 0. The van der Waals surface area contributed by atoms with Crippen LogP contribution in [-0.2, 0) is 6.18 Å². The van der Waals surface area contributed by atoms with Gasteiger partial charge in [0.2, 0.25) is 0 Å². The summed E-state index contributed by atoms with van der Waals surface area (Å²) in [5.41, 5.74) is 3.36. The van der Waals surface area contributed by atoms with Crippen molar-refractivity contribution in [2.24, 2.45) is 5.73 Å². The van der Waals surface area contributed by atoms with Crippen molar-refractivity contribution in [3.05, 3.63) is 63.2 Å². The zero-order valence-corrected chi connectivity index (χ0v) is 20.1. The van der Waals surface area contributed by atoms with E-state index in [0.717, 1.165) is 18.2 Å². The standard InChI is InChI=1S/C22H13F5N6O2S2/c1-8-5-10(18(23)24)30-21-15(8)16(17(37-21)19(28)34)31-20(35)11-7-14-29-9(12-3-2-4-36-12)6-13(22(25,26)27)33(14)32-11/h2-7,18H,1H3,(H2,28,34)(H,31,35). The summed E-state index contributed by atoms with van der Waals surface area (Å²) in [5, 5.41) is 8.13. The highest BCUT2D eigenvalue weighted by molar-refractivity contribution is 7.21. The first-order valence-electron chi connectivity index (χ1n) is 10.3. The lowest BCUT2D eigenvalue weighted by Crippen LogP contribution is -2.18. The number of rotatable bonds is 5. The van der Waals surface area contributed by atoms with Gasteiger partial charge in [-0.25, -0.2) is 23.3 Å². The van der Waals surface area contributed by atoms with Crippen molar-refractivity contribution < 1.29 is 31.5 Å². The maximum Gasteiger partial charge on any atom is 0.433 e. The van der Waals surface area contributed by atoms with Crippen molar-refractivity contribution in [2.75, 3.05) is 5.32 Å². The van der Waals surface area contributed by atoms with E-state index < -0.39 is 41.5 Å². The number of primary amides is 1. The van der Waals surface area contributed by atoms with Gasteiger partial charge < -0.3 is 11.1 Å². The number of nitrogens with one attached hydrogen (secondary N) is 1. The number of carbonyl (C=O) groups is 2. The van der Waals surface area contributed by atoms with Gasteiger partial charge in [0.05, 0.1) is 16.3 Å². The number of aromatic nitrogens is 4. The number of anilines is 1. The molecule has 5 rings (SSSR count). The van der Waals surface area contributed by atoms with Crippen molar-refractivity contribution in [1.82, 2.24) is 19.6 Å². The number of fused-ring (bicyclic) bond motifs is 2. The summed E-state index contributed by atoms with van der Waals surface area (Å²) in [5.74, 6) is -1.91. The van der Waals surface area contributed by atoms with Crippen molar-refractivity contribution in [3.63, 3.8) is 0 Å². The summed E-state index contributed by atoms with van der Waals surface area (Å²) in [4.78, 5) is 33.5. The van der Waals surface area contributed by atoms with Gasteiger partial charge in [-0.2, -0.15) is 18.3 Å². The molecule has 0 aliphatic heterocycles. The Labute approximate surface area is 211 Å².